The van der Waals surface area contributed by atoms with E-state index >= 15 is 0 Å². The summed E-state index contributed by atoms with van der Waals surface area (Å²) in [7, 11) is 0. The molecular weight excluding hydrogens is 360 g/mol. The van der Waals surface area contributed by atoms with E-state index in [-0.39, 0.29) is 17.6 Å². The van der Waals surface area contributed by atoms with Crippen molar-refractivity contribution in [3.63, 3.8) is 0 Å². The van der Waals surface area contributed by atoms with Gasteiger partial charge in [-0.3, -0.25) is 0 Å². The van der Waals surface area contributed by atoms with Crippen molar-refractivity contribution in [2.75, 3.05) is 13.2 Å². The lowest BCUT2D eigenvalue weighted by Crippen LogP contribution is -2.34. The quantitative estimate of drug-likeness (QED) is 0.405. The Hall–Kier alpha value is -1.39. The molecule has 1 fully saturated rings. The first-order valence-corrected chi connectivity index (χ1v) is 10.3. The highest BCUT2D eigenvalue weighted by Gasteiger charge is 2.28. The highest BCUT2D eigenvalue weighted by atomic mass is 35.5. The van der Waals surface area contributed by atoms with Crippen molar-refractivity contribution in [2.24, 2.45) is 0 Å². The maximum Gasteiger partial charge on any atom is 0.0716 e. The fourth-order valence-corrected chi connectivity index (χ4v) is 3.78. The molecule has 1 aliphatic heterocycles. The molecule has 2 aromatic rings. The first kappa shape index (κ1) is 20.3. The molecule has 0 N–H and O–H groups in total. The molecule has 3 nitrogen and oxygen atoms in total. The number of ether oxygens (including phenoxy) is 3. The Labute approximate surface area is 167 Å². The zero-order chi connectivity index (χ0) is 18.7. The summed E-state index contributed by atoms with van der Waals surface area (Å²) in [6.07, 6.45) is 3.93. The number of hydrogen-bond donors (Lipinski definition) is 0. The smallest absolute Gasteiger partial charge is 0.0716 e. The molecule has 0 aliphatic carbocycles. The van der Waals surface area contributed by atoms with E-state index in [4.69, 9.17) is 25.8 Å². The summed E-state index contributed by atoms with van der Waals surface area (Å²) < 4.78 is 17.8. The van der Waals surface area contributed by atoms with Crippen LogP contribution < -0.4 is 0 Å². The lowest BCUT2D eigenvalue weighted by molar-refractivity contribution is -0.0737. The van der Waals surface area contributed by atoms with Crippen LogP contribution in [-0.4, -0.2) is 30.8 Å². The van der Waals surface area contributed by atoms with E-state index in [0.29, 0.717) is 26.4 Å². The number of halogens is 1. The van der Waals surface area contributed by atoms with Crippen molar-refractivity contribution >= 4 is 11.6 Å². The minimum absolute atomic E-state index is 0.177. The van der Waals surface area contributed by atoms with Crippen LogP contribution in [0.4, 0.5) is 0 Å². The third-order valence-corrected chi connectivity index (χ3v) is 5.17. The van der Waals surface area contributed by atoms with Crippen LogP contribution in [-0.2, 0) is 27.4 Å². The fourth-order valence-electron chi connectivity index (χ4n) is 3.38. The molecule has 27 heavy (non-hydrogen) atoms. The van der Waals surface area contributed by atoms with Crippen LogP contribution >= 0.6 is 11.6 Å². The molecule has 0 aromatic heterocycles. The Morgan fingerprint density at radius 1 is 0.741 bits per heavy atom. The van der Waals surface area contributed by atoms with E-state index in [2.05, 4.69) is 24.3 Å². The van der Waals surface area contributed by atoms with Crippen LogP contribution in [0.3, 0.4) is 0 Å². The van der Waals surface area contributed by atoms with Gasteiger partial charge in [-0.15, -0.1) is 11.6 Å². The molecule has 0 spiro atoms. The van der Waals surface area contributed by atoms with Gasteiger partial charge >= 0.3 is 0 Å². The summed E-state index contributed by atoms with van der Waals surface area (Å²) in [4.78, 5) is 0. The Kier molecular flexibility index (Phi) is 8.63. The maximum absolute atomic E-state index is 6.46. The Bertz CT molecular complexity index is 579. The topological polar surface area (TPSA) is 27.7 Å². The van der Waals surface area contributed by atoms with Crippen LogP contribution in [0.2, 0.25) is 0 Å². The number of hydrogen-bond acceptors (Lipinski definition) is 3. The number of benzene rings is 2. The van der Waals surface area contributed by atoms with Crippen LogP contribution in [0.1, 0.15) is 36.8 Å². The van der Waals surface area contributed by atoms with Gasteiger partial charge in [0.1, 0.15) is 0 Å². The third kappa shape index (κ3) is 7.63. The molecular formula is C23H29ClO3. The zero-order valence-corrected chi connectivity index (χ0v) is 16.5. The molecule has 4 heteroatoms. The van der Waals surface area contributed by atoms with E-state index in [1.165, 1.54) is 11.1 Å². The van der Waals surface area contributed by atoms with Gasteiger partial charge in [-0.1, -0.05) is 60.7 Å². The summed E-state index contributed by atoms with van der Waals surface area (Å²) in [5.74, 6) is 0. The second-order valence-electron chi connectivity index (χ2n) is 7.10. The molecule has 2 aromatic carbocycles. The summed E-state index contributed by atoms with van der Waals surface area (Å²) in [6, 6.07) is 20.5. The number of rotatable bonds is 10. The van der Waals surface area contributed by atoms with Gasteiger partial charge in [0.05, 0.1) is 25.4 Å². The molecule has 0 saturated carbocycles. The molecule has 146 valence electrons. The van der Waals surface area contributed by atoms with Gasteiger partial charge in [0.2, 0.25) is 0 Å². The molecule has 3 rings (SSSR count). The average Bonchev–Trinajstić information content (AvgIpc) is 2.70. The van der Waals surface area contributed by atoms with E-state index < -0.39 is 0 Å². The average molecular weight is 389 g/mol. The van der Waals surface area contributed by atoms with Crippen LogP contribution in [0.5, 0.6) is 0 Å². The van der Waals surface area contributed by atoms with Gasteiger partial charge in [-0.2, -0.15) is 0 Å². The van der Waals surface area contributed by atoms with Gasteiger partial charge < -0.3 is 14.2 Å². The Morgan fingerprint density at radius 2 is 1.19 bits per heavy atom. The van der Waals surface area contributed by atoms with Gasteiger partial charge in [0.15, 0.2) is 0 Å². The van der Waals surface area contributed by atoms with Gasteiger partial charge in [-0.25, -0.2) is 0 Å². The second-order valence-corrected chi connectivity index (χ2v) is 7.72. The highest BCUT2D eigenvalue weighted by Crippen LogP contribution is 2.27. The van der Waals surface area contributed by atoms with E-state index in [1.54, 1.807) is 0 Å². The lowest BCUT2D eigenvalue weighted by atomic mass is 10.00. The van der Waals surface area contributed by atoms with E-state index in [1.807, 2.05) is 36.4 Å². The SMILES string of the molecule is ClC1C[C@@H](CCOCc2ccccc2)O[C@@H](CCOCc2ccccc2)C1. The molecule has 0 amide bonds. The molecule has 1 unspecified atom stereocenters. The van der Waals surface area contributed by atoms with E-state index in [9.17, 15) is 0 Å². The molecule has 0 bridgehead atoms. The minimum Gasteiger partial charge on any atom is -0.377 e. The summed E-state index contributed by atoms with van der Waals surface area (Å²) in [5.41, 5.74) is 2.40. The number of alkyl halides is 1. The van der Waals surface area contributed by atoms with Crippen molar-refractivity contribution < 1.29 is 14.2 Å². The minimum atomic E-state index is 0.177. The van der Waals surface area contributed by atoms with Crippen molar-refractivity contribution in [3.05, 3.63) is 71.8 Å². The highest BCUT2D eigenvalue weighted by molar-refractivity contribution is 6.20. The standard InChI is InChI=1S/C23H29ClO3/c24-21-15-22(11-13-25-17-19-7-3-1-4-8-19)27-23(16-21)12-14-26-18-20-9-5-2-6-10-20/h1-10,21-23H,11-18H2/t21?,22-,23+. The summed E-state index contributed by atoms with van der Waals surface area (Å²) >= 11 is 6.46. The lowest BCUT2D eigenvalue weighted by Gasteiger charge is -2.33. The largest absolute Gasteiger partial charge is 0.377 e. The maximum atomic E-state index is 6.46. The van der Waals surface area contributed by atoms with Crippen molar-refractivity contribution in [2.45, 2.75) is 56.5 Å². The van der Waals surface area contributed by atoms with Crippen LogP contribution in [0.15, 0.2) is 60.7 Å². The normalized spacial score (nSPS) is 22.6. The predicted octanol–water partition coefficient (Wildman–Crippen LogP) is 5.36. The van der Waals surface area contributed by atoms with Crippen LogP contribution in [0, 0.1) is 0 Å². The third-order valence-electron chi connectivity index (χ3n) is 4.81. The van der Waals surface area contributed by atoms with Gasteiger partial charge in [0.25, 0.3) is 0 Å². The van der Waals surface area contributed by atoms with Crippen molar-refractivity contribution in [1.29, 1.82) is 0 Å². The summed E-state index contributed by atoms with van der Waals surface area (Å²) in [6.45, 7) is 2.68. The predicted molar refractivity (Wildman–Crippen MR) is 109 cm³/mol. The molecule has 1 aliphatic rings. The second kappa shape index (κ2) is 11.5. The Balaban J connectivity index is 1.31. The monoisotopic (exact) mass is 388 g/mol. The first-order valence-electron chi connectivity index (χ1n) is 9.82. The molecule has 3 atom stereocenters. The summed E-state index contributed by atoms with van der Waals surface area (Å²) in [5, 5.41) is 0.178. The molecule has 1 heterocycles. The molecule has 1 saturated heterocycles. The van der Waals surface area contributed by atoms with Crippen molar-refractivity contribution in [3.8, 4) is 0 Å². The fraction of sp³-hybridized carbons (Fsp3) is 0.478. The van der Waals surface area contributed by atoms with E-state index in [0.717, 1.165) is 25.7 Å². The van der Waals surface area contributed by atoms with Gasteiger partial charge in [-0.05, 0) is 36.8 Å². The Morgan fingerprint density at radius 3 is 1.63 bits per heavy atom. The van der Waals surface area contributed by atoms with Crippen LogP contribution in [0.25, 0.3) is 0 Å². The van der Waals surface area contributed by atoms with Crippen molar-refractivity contribution in [1.82, 2.24) is 0 Å². The zero-order valence-electron chi connectivity index (χ0n) is 15.8. The van der Waals surface area contributed by atoms with Gasteiger partial charge in [0, 0.05) is 18.6 Å². The molecule has 0 radical (unpaired) electrons. The first-order chi connectivity index (χ1) is 13.3.